The Hall–Kier alpha value is -2.62. The van der Waals surface area contributed by atoms with Gasteiger partial charge in [0.1, 0.15) is 5.60 Å². The number of amides is 1. The first-order valence-electron chi connectivity index (χ1n) is 11.6. The number of hydrogen-bond donors (Lipinski definition) is 0. The molecule has 32 heavy (non-hydrogen) atoms. The molecule has 1 aliphatic carbocycles. The van der Waals surface area contributed by atoms with Gasteiger partial charge in [-0.05, 0) is 68.2 Å². The Morgan fingerprint density at radius 2 is 1.69 bits per heavy atom. The summed E-state index contributed by atoms with van der Waals surface area (Å²) < 4.78 is 5.71. The standard InChI is InChI=1S/C28H35NO3/c1-26(2,3)23-18-28(14-15-29(23)25(31)32-27(4,5)6)17-21-13-12-20(16-22(21)24(28)30)19-10-8-7-9-11-19/h7-13,16,23H,14-15,17-18H2,1-6H3. The number of carbonyl (C=O) groups is 2. The first kappa shape index (κ1) is 22.6. The quantitative estimate of drug-likeness (QED) is 0.514. The Kier molecular flexibility index (Phi) is 5.47. The molecule has 0 N–H and O–H groups in total. The molecule has 4 nitrogen and oxygen atoms in total. The number of fused-ring (bicyclic) bond motifs is 1. The second kappa shape index (κ2) is 7.75. The molecule has 4 rings (SSSR count). The molecule has 0 aromatic heterocycles. The van der Waals surface area contributed by atoms with Gasteiger partial charge in [0.15, 0.2) is 5.78 Å². The zero-order valence-electron chi connectivity index (χ0n) is 20.2. The van der Waals surface area contributed by atoms with Gasteiger partial charge in [0, 0.05) is 23.6 Å². The van der Waals surface area contributed by atoms with Crippen LogP contribution in [0.25, 0.3) is 11.1 Å². The third-order valence-electron chi connectivity index (χ3n) is 6.89. The summed E-state index contributed by atoms with van der Waals surface area (Å²) >= 11 is 0. The van der Waals surface area contributed by atoms with Crippen LogP contribution in [0, 0.1) is 10.8 Å². The fourth-order valence-corrected chi connectivity index (χ4v) is 5.23. The van der Waals surface area contributed by atoms with Gasteiger partial charge in [-0.15, -0.1) is 0 Å². The number of ketones is 1. The lowest BCUT2D eigenvalue weighted by Crippen LogP contribution is -2.57. The molecule has 2 atom stereocenters. The van der Waals surface area contributed by atoms with Gasteiger partial charge in [-0.25, -0.2) is 4.79 Å². The maximum Gasteiger partial charge on any atom is 0.410 e. The molecular formula is C28H35NO3. The van der Waals surface area contributed by atoms with Gasteiger partial charge < -0.3 is 9.64 Å². The average molecular weight is 434 g/mol. The fraction of sp³-hybridized carbons (Fsp3) is 0.500. The summed E-state index contributed by atoms with van der Waals surface area (Å²) in [4.78, 5) is 28.7. The second-order valence-corrected chi connectivity index (χ2v) is 11.5. The second-order valence-electron chi connectivity index (χ2n) is 11.5. The predicted octanol–water partition coefficient (Wildman–Crippen LogP) is 6.52. The van der Waals surface area contributed by atoms with Crippen LogP contribution in [0.3, 0.4) is 0 Å². The summed E-state index contributed by atoms with van der Waals surface area (Å²) in [6.07, 6.45) is 1.82. The molecule has 1 saturated heterocycles. The van der Waals surface area contributed by atoms with Gasteiger partial charge in [0.05, 0.1) is 0 Å². The van der Waals surface area contributed by atoms with Crippen molar-refractivity contribution in [1.29, 1.82) is 0 Å². The van der Waals surface area contributed by atoms with Gasteiger partial charge >= 0.3 is 6.09 Å². The molecule has 1 fully saturated rings. The number of nitrogens with zero attached hydrogens (tertiary/aromatic N) is 1. The third kappa shape index (κ3) is 4.20. The molecule has 1 spiro atoms. The van der Waals surface area contributed by atoms with E-state index in [4.69, 9.17) is 4.74 Å². The smallest absolute Gasteiger partial charge is 0.410 e. The summed E-state index contributed by atoms with van der Waals surface area (Å²) in [6.45, 7) is 12.7. The lowest BCUT2D eigenvalue weighted by molar-refractivity contribution is -0.0271. The molecule has 1 heterocycles. The lowest BCUT2D eigenvalue weighted by atomic mass is 9.67. The number of likely N-dealkylation sites (tertiary alicyclic amines) is 1. The van der Waals surface area contributed by atoms with E-state index in [0.29, 0.717) is 19.4 Å². The van der Waals surface area contributed by atoms with Crippen molar-refractivity contribution in [2.75, 3.05) is 6.54 Å². The van der Waals surface area contributed by atoms with Gasteiger partial charge in [-0.2, -0.15) is 0 Å². The van der Waals surface area contributed by atoms with Crippen LogP contribution >= 0.6 is 0 Å². The number of rotatable bonds is 1. The maximum atomic E-state index is 13.8. The number of carbonyl (C=O) groups excluding carboxylic acids is 2. The van der Waals surface area contributed by atoms with Gasteiger partial charge in [-0.3, -0.25) is 4.79 Å². The summed E-state index contributed by atoms with van der Waals surface area (Å²) in [5.41, 5.74) is 3.05. The minimum absolute atomic E-state index is 0.0574. The molecule has 1 aliphatic heterocycles. The SMILES string of the molecule is CC(C)(C)OC(=O)N1CCC2(Cc3ccc(-c4ccccc4)cc3C2=O)CC1C(C)(C)C. The van der Waals surface area contributed by atoms with E-state index in [1.54, 1.807) is 0 Å². The van der Waals surface area contributed by atoms with Gasteiger partial charge in [0.25, 0.3) is 0 Å². The van der Waals surface area contributed by atoms with Crippen molar-refractivity contribution in [3.05, 3.63) is 59.7 Å². The third-order valence-corrected chi connectivity index (χ3v) is 6.89. The summed E-state index contributed by atoms with van der Waals surface area (Å²) in [5, 5.41) is 0. The van der Waals surface area contributed by atoms with Crippen molar-refractivity contribution in [2.45, 2.75) is 72.4 Å². The normalized spacial score (nSPS) is 23.4. The van der Waals surface area contributed by atoms with Crippen molar-refractivity contribution >= 4 is 11.9 Å². The van der Waals surface area contributed by atoms with Crippen LogP contribution in [0.4, 0.5) is 4.79 Å². The van der Waals surface area contributed by atoms with Crippen molar-refractivity contribution < 1.29 is 14.3 Å². The van der Waals surface area contributed by atoms with Crippen LogP contribution in [-0.2, 0) is 11.2 Å². The highest BCUT2D eigenvalue weighted by molar-refractivity contribution is 6.06. The van der Waals surface area contributed by atoms with E-state index >= 15 is 0 Å². The highest BCUT2D eigenvalue weighted by Gasteiger charge is 2.53. The fourth-order valence-electron chi connectivity index (χ4n) is 5.23. The molecule has 2 aliphatic rings. The molecular weight excluding hydrogens is 398 g/mol. The lowest BCUT2D eigenvalue weighted by Gasteiger charge is -2.49. The largest absolute Gasteiger partial charge is 0.444 e. The molecule has 4 heteroatoms. The van der Waals surface area contributed by atoms with Gasteiger partial charge in [0.2, 0.25) is 0 Å². The summed E-state index contributed by atoms with van der Waals surface area (Å²) in [5.74, 6) is 0.239. The van der Waals surface area contributed by atoms with Crippen LogP contribution < -0.4 is 0 Å². The maximum absolute atomic E-state index is 13.8. The number of ether oxygens (including phenoxy) is 1. The number of benzene rings is 2. The molecule has 2 aromatic rings. The molecule has 2 aromatic carbocycles. The van der Waals surface area contributed by atoms with Crippen LogP contribution in [-0.4, -0.2) is 35.0 Å². The van der Waals surface area contributed by atoms with E-state index in [1.807, 2.05) is 43.9 Å². The first-order valence-corrected chi connectivity index (χ1v) is 11.6. The van der Waals surface area contributed by atoms with Crippen molar-refractivity contribution in [1.82, 2.24) is 4.90 Å². The van der Waals surface area contributed by atoms with Crippen LogP contribution in [0.15, 0.2) is 48.5 Å². The monoisotopic (exact) mass is 433 g/mol. The minimum atomic E-state index is -0.540. The van der Waals surface area contributed by atoms with E-state index in [9.17, 15) is 9.59 Å². The van der Waals surface area contributed by atoms with Crippen LogP contribution in [0.5, 0.6) is 0 Å². The van der Waals surface area contributed by atoms with Crippen LogP contribution in [0.1, 0.15) is 70.3 Å². The Bertz CT molecular complexity index is 1030. The molecule has 0 radical (unpaired) electrons. The number of hydrogen-bond acceptors (Lipinski definition) is 3. The van der Waals surface area contributed by atoms with E-state index in [-0.39, 0.29) is 23.3 Å². The Morgan fingerprint density at radius 3 is 2.31 bits per heavy atom. The highest BCUT2D eigenvalue weighted by atomic mass is 16.6. The molecule has 0 bridgehead atoms. The summed E-state index contributed by atoms with van der Waals surface area (Å²) in [6, 6.07) is 16.4. The first-order chi connectivity index (χ1) is 14.9. The molecule has 2 unspecified atom stereocenters. The Labute approximate surface area is 192 Å². The molecule has 0 saturated carbocycles. The molecule has 170 valence electrons. The Morgan fingerprint density at radius 1 is 1.00 bits per heavy atom. The van der Waals surface area contributed by atoms with E-state index < -0.39 is 11.0 Å². The predicted molar refractivity (Wildman–Crippen MR) is 128 cm³/mol. The Balaban J connectivity index is 1.63. The zero-order valence-corrected chi connectivity index (χ0v) is 20.2. The molecule has 1 amide bonds. The van der Waals surface area contributed by atoms with Gasteiger partial charge in [-0.1, -0.05) is 63.2 Å². The van der Waals surface area contributed by atoms with E-state index in [0.717, 1.165) is 28.7 Å². The average Bonchev–Trinajstić information content (AvgIpc) is 2.97. The van der Waals surface area contributed by atoms with Crippen molar-refractivity contribution in [3.8, 4) is 11.1 Å². The number of Topliss-reactive ketones (excluding diaryl/α,β-unsaturated/α-hetero) is 1. The van der Waals surface area contributed by atoms with Crippen molar-refractivity contribution in [3.63, 3.8) is 0 Å². The zero-order chi connectivity index (χ0) is 23.3. The van der Waals surface area contributed by atoms with Crippen molar-refractivity contribution in [2.24, 2.45) is 10.8 Å². The van der Waals surface area contributed by atoms with Crippen LogP contribution in [0.2, 0.25) is 0 Å². The minimum Gasteiger partial charge on any atom is -0.444 e. The number of piperidine rings is 1. The van der Waals surface area contributed by atoms with E-state index in [2.05, 4.69) is 51.1 Å². The van der Waals surface area contributed by atoms with E-state index in [1.165, 1.54) is 0 Å². The summed E-state index contributed by atoms with van der Waals surface area (Å²) in [7, 11) is 0. The highest BCUT2D eigenvalue weighted by Crippen LogP contribution is 2.50. The topological polar surface area (TPSA) is 46.6 Å².